The van der Waals surface area contributed by atoms with Gasteiger partial charge >= 0.3 is 0 Å². The first-order chi connectivity index (χ1) is 9.20. The van der Waals surface area contributed by atoms with Gasteiger partial charge in [-0.15, -0.1) is 0 Å². The molecule has 19 heavy (non-hydrogen) atoms. The average molecular weight is 258 g/mol. The zero-order valence-electron chi connectivity index (χ0n) is 10.7. The average Bonchev–Trinajstić information content (AvgIpc) is 2.86. The van der Waals surface area contributed by atoms with E-state index in [1.54, 1.807) is 13.2 Å². The lowest BCUT2D eigenvalue weighted by atomic mass is 10.2. The number of hydrazone groups is 1. The van der Waals surface area contributed by atoms with Crippen molar-refractivity contribution >= 4 is 12.1 Å². The molecule has 6 heteroatoms. The molecule has 0 saturated carbocycles. The normalized spacial score (nSPS) is 10.6. The Morgan fingerprint density at radius 1 is 1.47 bits per heavy atom. The van der Waals surface area contributed by atoms with E-state index in [0.29, 0.717) is 11.4 Å². The van der Waals surface area contributed by atoms with E-state index in [2.05, 4.69) is 20.7 Å². The molecule has 0 radical (unpaired) electrons. The van der Waals surface area contributed by atoms with Gasteiger partial charge in [0.25, 0.3) is 5.91 Å². The van der Waals surface area contributed by atoms with Crippen LogP contribution in [0.4, 0.5) is 0 Å². The predicted octanol–water partition coefficient (Wildman–Crippen LogP) is 1.49. The van der Waals surface area contributed by atoms with Crippen LogP contribution >= 0.6 is 0 Å². The van der Waals surface area contributed by atoms with E-state index in [-0.39, 0.29) is 5.91 Å². The number of aromatic nitrogens is 2. The summed E-state index contributed by atoms with van der Waals surface area (Å²) < 4.78 is 5.17. The maximum atomic E-state index is 11.7. The summed E-state index contributed by atoms with van der Waals surface area (Å²) in [5.41, 5.74) is 4.30. The molecular weight excluding hydrogens is 244 g/mol. The van der Waals surface area contributed by atoms with Gasteiger partial charge in [0.1, 0.15) is 5.75 Å². The summed E-state index contributed by atoms with van der Waals surface area (Å²) in [4.78, 5) is 11.7. The quantitative estimate of drug-likeness (QED) is 0.644. The molecule has 0 fully saturated rings. The molecule has 1 amide bonds. The second kappa shape index (κ2) is 5.81. The Labute approximate surface area is 110 Å². The molecule has 1 heterocycles. The van der Waals surface area contributed by atoms with Crippen molar-refractivity contribution < 1.29 is 9.53 Å². The number of carbonyl (C=O) groups excluding carboxylic acids is 1. The fourth-order valence-corrected chi connectivity index (χ4v) is 1.53. The fourth-order valence-electron chi connectivity index (χ4n) is 1.53. The van der Waals surface area contributed by atoms with Crippen LogP contribution in [0.5, 0.6) is 5.75 Å². The van der Waals surface area contributed by atoms with Gasteiger partial charge in [0.2, 0.25) is 0 Å². The van der Waals surface area contributed by atoms with Gasteiger partial charge in [-0.25, -0.2) is 5.43 Å². The number of nitrogens with one attached hydrogen (secondary N) is 2. The van der Waals surface area contributed by atoms with E-state index in [1.165, 1.54) is 6.21 Å². The van der Waals surface area contributed by atoms with Crippen LogP contribution in [-0.4, -0.2) is 29.4 Å². The zero-order chi connectivity index (χ0) is 13.7. The first kappa shape index (κ1) is 12.8. The molecule has 0 saturated heterocycles. The van der Waals surface area contributed by atoms with E-state index in [9.17, 15) is 4.79 Å². The minimum atomic E-state index is -0.365. The van der Waals surface area contributed by atoms with E-state index in [1.807, 2.05) is 31.2 Å². The highest BCUT2D eigenvalue weighted by Crippen LogP contribution is 2.14. The Morgan fingerprint density at radius 3 is 2.95 bits per heavy atom. The van der Waals surface area contributed by atoms with Gasteiger partial charge in [-0.05, 0) is 25.1 Å². The van der Waals surface area contributed by atoms with Gasteiger partial charge in [0.15, 0.2) is 5.69 Å². The standard InChI is InChI=1S/C13H14N4O2/c1-9-7-11(16-15-9)13(18)17-14-8-10-5-3-4-6-12(10)19-2/h3-8H,1-2H3,(H,15,16)(H,17,18)/b14-8-. The number of rotatable bonds is 4. The number of methoxy groups -OCH3 is 1. The molecule has 98 valence electrons. The van der Waals surface area contributed by atoms with Crippen LogP contribution in [0.3, 0.4) is 0 Å². The molecular formula is C13H14N4O2. The van der Waals surface area contributed by atoms with Crippen molar-refractivity contribution in [3.63, 3.8) is 0 Å². The number of hydrogen-bond acceptors (Lipinski definition) is 4. The highest BCUT2D eigenvalue weighted by Gasteiger charge is 2.07. The Bertz CT molecular complexity index is 604. The Balaban J connectivity index is 2.02. The molecule has 6 nitrogen and oxygen atoms in total. The number of aromatic amines is 1. The van der Waals surface area contributed by atoms with Gasteiger partial charge in [-0.3, -0.25) is 9.89 Å². The van der Waals surface area contributed by atoms with Crippen molar-refractivity contribution in [1.82, 2.24) is 15.6 Å². The number of ether oxygens (including phenoxy) is 1. The topological polar surface area (TPSA) is 79.4 Å². The molecule has 2 rings (SSSR count). The lowest BCUT2D eigenvalue weighted by Crippen LogP contribution is -2.18. The first-order valence-electron chi connectivity index (χ1n) is 5.69. The molecule has 2 aromatic rings. The molecule has 0 aliphatic rings. The second-order valence-corrected chi connectivity index (χ2v) is 3.88. The van der Waals surface area contributed by atoms with Crippen LogP contribution in [-0.2, 0) is 0 Å². The van der Waals surface area contributed by atoms with Gasteiger partial charge in [-0.2, -0.15) is 10.2 Å². The number of para-hydroxylation sites is 1. The van der Waals surface area contributed by atoms with Gasteiger partial charge < -0.3 is 4.74 Å². The van der Waals surface area contributed by atoms with E-state index >= 15 is 0 Å². The molecule has 0 bridgehead atoms. The van der Waals surface area contributed by atoms with Crippen molar-refractivity contribution in [2.45, 2.75) is 6.92 Å². The minimum Gasteiger partial charge on any atom is -0.496 e. The van der Waals surface area contributed by atoms with Gasteiger partial charge in [-0.1, -0.05) is 12.1 Å². The van der Waals surface area contributed by atoms with Crippen LogP contribution in [0.1, 0.15) is 21.7 Å². The van der Waals surface area contributed by atoms with Crippen LogP contribution < -0.4 is 10.2 Å². The maximum absolute atomic E-state index is 11.7. The molecule has 2 N–H and O–H groups in total. The Morgan fingerprint density at radius 2 is 2.26 bits per heavy atom. The molecule has 0 atom stereocenters. The lowest BCUT2D eigenvalue weighted by molar-refractivity contribution is 0.0950. The molecule has 1 aromatic heterocycles. The number of nitrogens with zero attached hydrogens (tertiary/aromatic N) is 2. The predicted molar refractivity (Wildman–Crippen MR) is 71.4 cm³/mol. The second-order valence-electron chi connectivity index (χ2n) is 3.88. The number of amides is 1. The number of H-pyrrole nitrogens is 1. The SMILES string of the molecule is COc1ccccc1/C=N\NC(=O)c1cc(C)[nH]n1. The summed E-state index contributed by atoms with van der Waals surface area (Å²) >= 11 is 0. The molecule has 0 aliphatic carbocycles. The van der Waals surface area contributed by atoms with Crippen molar-refractivity contribution in [3.8, 4) is 5.75 Å². The van der Waals surface area contributed by atoms with Crippen LogP contribution in [0.2, 0.25) is 0 Å². The molecule has 0 spiro atoms. The van der Waals surface area contributed by atoms with Crippen molar-refractivity contribution in [3.05, 3.63) is 47.3 Å². The highest BCUT2D eigenvalue weighted by molar-refractivity contribution is 5.93. The Hall–Kier alpha value is -2.63. The maximum Gasteiger partial charge on any atom is 0.291 e. The Kier molecular flexibility index (Phi) is 3.92. The summed E-state index contributed by atoms with van der Waals surface area (Å²) in [5.74, 6) is 0.326. The summed E-state index contributed by atoms with van der Waals surface area (Å²) in [7, 11) is 1.58. The number of aryl methyl sites for hydroxylation is 1. The lowest BCUT2D eigenvalue weighted by Gasteiger charge is -2.02. The third-order valence-electron chi connectivity index (χ3n) is 2.45. The zero-order valence-corrected chi connectivity index (χ0v) is 10.7. The number of hydrogen-bond donors (Lipinski definition) is 2. The van der Waals surface area contributed by atoms with Crippen LogP contribution in [0.25, 0.3) is 0 Å². The molecule has 1 aromatic carbocycles. The molecule has 0 unspecified atom stereocenters. The summed E-state index contributed by atoms with van der Waals surface area (Å²) in [6.45, 7) is 1.82. The summed E-state index contributed by atoms with van der Waals surface area (Å²) in [6.07, 6.45) is 1.52. The third kappa shape index (κ3) is 3.19. The molecule has 0 aliphatic heterocycles. The first-order valence-corrected chi connectivity index (χ1v) is 5.69. The number of benzene rings is 1. The smallest absolute Gasteiger partial charge is 0.291 e. The van der Waals surface area contributed by atoms with E-state index in [4.69, 9.17) is 4.74 Å². The monoisotopic (exact) mass is 258 g/mol. The fraction of sp³-hybridized carbons (Fsp3) is 0.154. The van der Waals surface area contributed by atoms with Crippen molar-refractivity contribution in [2.24, 2.45) is 5.10 Å². The third-order valence-corrected chi connectivity index (χ3v) is 2.45. The van der Waals surface area contributed by atoms with Gasteiger partial charge in [0.05, 0.1) is 13.3 Å². The largest absolute Gasteiger partial charge is 0.496 e. The minimum absolute atomic E-state index is 0.301. The number of carbonyl (C=O) groups is 1. The summed E-state index contributed by atoms with van der Waals surface area (Å²) in [5, 5.41) is 10.4. The van der Waals surface area contributed by atoms with E-state index in [0.717, 1.165) is 11.3 Å². The van der Waals surface area contributed by atoms with Crippen LogP contribution in [0, 0.1) is 6.92 Å². The summed E-state index contributed by atoms with van der Waals surface area (Å²) in [6, 6.07) is 9.03. The van der Waals surface area contributed by atoms with Crippen molar-refractivity contribution in [2.75, 3.05) is 7.11 Å². The van der Waals surface area contributed by atoms with Crippen LogP contribution in [0.15, 0.2) is 35.4 Å². The van der Waals surface area contributed by atoms with E-state index < -0.39 is 0 Å². The highest BCUT2D eigenvalue weighted by atomic mass is 16.5. The van der Waals surface area contributed by atoms with Crippen molar-refractivity contribution in [1.29, 1.82) is 0 Å². The van der Waals surface area contributed by atoms with Gasteiger partial charge in [0, 0.05) is 11.3 Å².